The lowest BCUT2D eigenvalue weighted by Crippen LogP contribution is -2.25. The van der Waals surface area contributed by atoms with E-state index in [1.54, 1.807) is 0 Å². The third-order valence-electron chi connectivity index (χ3n) is 2.69. The fraction of sp³-hybridized carbons (Fsp3) is 0. The topological polar surface area (TPSA) is 226 Å². The van der Waals surface area contributed by atoms with Gasteiger partial charge in [0.2, 0.25) is 0 Å². The van der Waals surface area contributed by atoms with Gasteiger partial charge in [-0.1, -0.05) is 0 Å². The maximum absolute atomic E-state index is 11.4. The van der Waals surface area contributed by atoms with Gasteiger partial charge in [0.25, 0.3) is 5.69 Å². The lowest BCUT2D eigenvalue weighted by Gasteiger charge is -2.01. The Balaban J connectivity index is 2.91. The molecule has 16 heteroatoms. The van der Waals surface area contributed by atoms with Gasteiger partial charge in [-0.15, -0.1) is 0 Å². The highest BCUT2D eigenvalue weighted by molar-refractivity contribution is 5.77. The fourth-order valence-electron chi connectivity index (χ4n) is 1.80. The first kappa shape index (κ1) is 16.1. The Morgan fingerprint density at radius 2 is 1.38 bits per heavy atom. The first-order valence-electron chi connectivity index (χ1n) is 5.50. The zero-order valence-electron chi connectivity index (χ0n) is 10.9. The zero-order chi connectivity index (χ0) is 18.2. The molecule has 0 aliphatic rings. The van der Waals surface area contributed by atoms with E-state index in [4.69, 9.17) is 0 Å². The molecule has 0 unspecified atom stereocenters. The van der Waals surface area contributed by atoms with Crippen molar-refractivity contribution in [3.05, 3.63) is 57.8 Å². The monoisotopic (exact) mass is 342 g/mol. The largest absolute Gasteiger partial charge is 0.440 e. The first-order chi connectivity index (χ1) is 11.1. The molecule has 2 rings (SSSR count). The SMILES string of the molecule is O=[N+]([O-])c1cc(-c2c([N+](=O)[O-])no[n+]2[O-])cc([N+](=O)[O-])c1[N+](=O)[O-]. The molecule has 0 N–H and O–H groups in total. The maximum atomic E-state index is 11.4. The highest BCUT2D eigenvalue weighted by atomic mass is 16.8. The predicted molar refractivity (Wildman–Crippen MR) is 67.5 cm³/mol. The van der Waals surface area contributed by atoms with E-state index in [1.165, 1.54) is 0 Å². The summed E-state index contributed by atoms with van der Waals surface area (Å²) in [6.07, 6.45) is 0. The molecule has 1 aromatic heterocycles. The van der Waals surface area contributed by atoms with Crippen molar-refractivity contribution in [3.8, 4) is 11.3 Å². The van der Waals surface area contributed by atoms with E-state index < -0.39 is 58.7 Å². The molecule has 124 valence electrons. The van der Waals surface area contributed by atoms with Crippen LogP contribution in [0, 0.1) is 45.7 Å². The summed E-state index contributed by atoms with van der Waals surface area (Å²) in [4.78, 5) is 37.9. The number of nitro groups is 4. The van der Waals surface area contributed by atoms with E-state index in [9.17, 15) is 45.7 Å². The average Bonchev–Trinajstić information content (AvgIpc) is 2.87. The highest BCUT2D eigenvalue weighted by Gasteiger charge is 2.39. The molecule has 2 aromatic rings. The number of hydrogen-bond donors (Lipinski definition) is 0. The van der Waals surface area contributed by atoms with Gasteiger partial charge in [0.15, 0.2) is 0 Å². The molecule has 0 amide bonds. The van der Waals surface area contributed by atoms with Crippen LogP contribution in [0.4, 0.5) is 22.9 Å². The summed E-state index contributed by atoms with van der Waals surface area (Å²) >= 11 is 0. The number of aromatic nitrogens is 2. The predicted octanol–water partition coefficient (Wildman–Crippen LogP) is 0.608. The van der Waals surface area contributed by atoms with Gasteiger partial charge in [-0.3, -0.25) is 35.0 Å². The minimum Gasteiger partial charge on any atom is -0.359 e. The van der Waals surface area contributed by atoms with Gasteiger partial charge in [-0.25, -0.2) is 0 Å². The van der Waals surface area contributed by atoms with Gasteiger partial charge in [0.1, 0.15) is 0 Å². The van der Waals surface area contributed by atoms with Gasteiger partial charge in [-0.05, 0) is 9.83 Å². The van der Waals surface area contributed by atoms with E-state index in [0.29, 0.717) is 12.1 Å². The smallest absolute Gasteiger partial charge is 0.359 e. The molecule has 1 aromatic carbocycles. The van der Waals surface area contributed by atoms with Crippen LogP contribution in [0.5, 0.6) is 0 Å². The van der Waals surface area contributed by atoms with Gasteiger partial charge >= 0.3 is 22.9 Å². The quantitative estimate of drug-likeness (QED) is 0.415. The Morgan fingerprint density at radius 1 is 0.875 bits per heavy atom. The van der Waals surface area contributed by atoms with Crippen molar-refractivity contribution >= 4 is 22.9 Å². The molecule has 0 saturated heterocycles. The van der Waals surface area contributed by atoms with Gasteiger partial charge in [0.05, 0.1) is 19.9 Å². The summed E-state index contributed by atoms with van der Waals surface area (Å²) in [5, 5.41) is 57.8. The molecular weight excluding hydrogens is 340 g/mol. The van der Waals surface area contributed by atoms with Gasteiger partial charge in [-0.2, -0.15) is 0 Å². The van der Waals surface area contributed by atoms with Crippen LogP contribution in [0.15, 0.2) is 16.8 Å². The minimum absolute atomic E-state index is 0.402. The minimum atomic E-state index is -1.44. The molecule has 24 heavy (non-hydrogen) atoms. The van der Waals surface area contributed by atoms with E-state index in [1.807, 2.05) is 0 Å². The van der Waals surface area contributed by atoms with E-state index in [2.05, 4.69) is 9.79 Å². The molecule has 0 atom stereocenters. The second kappa shape index (κ2) is 5.51. The van der Waals surface area contributed by atoms with Gasteiger partial charge in [0, 0.05) is 17.7 Å². The number of nitrogens with zero attached hydrogens (tertiary/aromatic N) is 6. The van der Waals surface area contributed by atoms with Crippen molar-refractivity contribution < 1.29 is 29.2 Å². The van der Waals surface area contributed by atoms with Crippen molar-refractivity contribution in [2.75, 3.05) is 0 Å². The number of rotatable bonds is 5. The van der Waals surface area contributed by atoms with Crippen LogP contribution in [0.3, 0.4) is 0 Å². The van der Waals surface area contributed by atoms with Crippen molar-refractivity contribution in [1.29, 1.82) is 0 Å². The van der Waals surface area contributed by atoms with Crippen molar-refractivity contribution in [1.82, 2.24) is 5.16 Å². The summed E-state index contributed by atoms with van der Waals surface area (Å²) in [5.41, 5.74) is -5.81. The second-order valence-electron chi connectivity index (χ2n) is 3.99. The third-order valence-corrected chi connectivity index (χ3v) is 2.69. The summed E-state index contributed by atoms with van der Waals surface area (Å²) < 4.78 is 3.99. The van der Waals surface area contributed by atoms with E-state index >= 15 is 0 Å². The lowest BCUT2D eigenvalue weighted by molar-refractivity contribution is -0.793. The summed E-state index contributed by atoms with van der Waals surface area (Å²) in [6.45, 7) is 0. The van der Waals surface area contributed by atoms with Crippen LogP contribution in [-0.4, -0.2) is 24.8 Å². The molecule has 0 spiro atoms. The number of nitro benzene ring substituents is 3. The summed E-state index contributed by atoms with van der Waals surface area (Å²) in [5.74, 6) is -1.18. The molecule has 0 bridgehead atoms. The summed E-state index contributed by atoms with van der Waals surface area (Å²) in [7, 11) is 0. The zero-order valence-corrected chi connectivity index (χ0v) is 10.9. The van der Waals surface area contributed by atoms with Crippen LogP contribution in [0.25, 0.3) is 11.3 Å². The first-order valence-corrected chi connectivity index (χ1v) is 5.50. The number of benzene rings is 1. The van der Waals surface area contributed by atoms with Gasteiger partial charge < -0.3 is 15.3 Å². The Labute approximate surface area is 127 Å². The normalized spacial score (nSPS) is 10.3. The molecule has 0 aliphatic carbocycles. The second-order valence-corrected chi connectivity index (χ2v) is 3.99. The molecule has 0 radical (unpaired) electrons. The van der Waals surface area contributed by atoms with E-state index in [-0.39, 0.29) is 0 Å². The average molecular weight is 342 g/mol. The maximum Gasteiger partial charge on any atom is 0.440 e. The van der Waals surface area contributed by atoms with Crippen molar-refractivity contribution in [2.24, 2.45) is 0 Å². The molecule has 0 aliphatic heterocycles. The number of hydrogen-bond acceptors (Lipinski definition) is 11. The molecule has 0 fully saturated rings. The Kier molecular flexibility index (Phi) is 3.71. The van der Waals surface area contributed by atoms with Crippen LogP contribution in [0.2, 0.25) is 0 Å². The lowest BCUT2D eigenvalue weighted by atomic mass is 10.1. The molecule has 1 heterocycles. The van der Waals surface area contributed by atoms with Crippen LogP contribution < -0.4 is 4.90 Å². The summed E-state index contributed by atoms with van der Waals surface area (Å²) in [6, 6.07) is 0.804. The third kappa shape index (κ3) is 2.49. The molecule has 0 saturated carbocycles. The highest BCUT2D eigenvalue weighted by Crippen LogP contribution is 2.41. The Morgan fingerprint density at radius 3 is 1.75 bits per heavy atom. The fourth-order valence-corrected chi connectivity index (χ4v) is 1.80. The molecule has 16 nitrogen and oxygen atoms in total. The van der Waals surface area contributed by atoms with E-state index in [0.717, 1.165) is 0 Å². The molecular formula is C8H2N6O10. The van der Waals surface area contributed by atoms with Crippen LogP contribution in [0.1, 0.15) is 0 Å². The standard InChI is InChI=1S/C8H2N6O10/c15-10(16)4-1-3(2-5(11(17)18)7(4)12(19)20)6-8(13(21)22)9-24-14(6)23/h1-2H. The van der Waals surface area contributed by atoms with Crippen LogP contribution in [-0.2, 0) is 0 Å². The van der Waals surface area contributed by atoms with Crippen molar-refractivity contribution in [3.63, 3.8) is 0 Å². The van der Waals surface area contributed by atoms with Crippen molar-refractivity contribution in [2.45, 2.75) is 0 Å². The Hall–Kier alpha value is -4.24. The van der Waals surface area contributed by atoms with Crippen LogP contribution >= 0.6 is 0 Å². The Bertz CT molecular complexity index is 868.